The van der Waals surface area contributed by atoms with Crippen LogP contribution in [0.1, 0.15) is 181 Å². The number of carbonyl (C=O) groups is 1. The van der Waals surface area contributed by atoms with E-state index in [0.29, 0.717) is 12.8 Å². The third kappa shape index (κ3) is 33.0. The number of allylic oxidation sites excluding steroid dienone is 19. The predicted octanol–water partition coefficient (Wildman–Crippen LogP) is 8.04. The van der Waals surface area contributed by atoms with Gasteiger partial charge in [-0.1, -0.05) is 193 Å². The Hall–Kier alpha value is -3.81. The number of rotatable bonds is 48. The highest BCUT2D eigenvalue weighted by Crippen LogP contribution is 2.33. The van der Waals surface area contributed by atoms with E-state index in [-0.39, 0.29) is 18.9 Å². The Morgan fingerprint density at radius 3 is 1.26 bits per heavy atom. The van der Waals surface area contributed by atoms with E-state index in [9.17, 15) is 61.0 Å². The number of aliphatic hydroxyl groups is 11. The van der Waals surface area contributed by atoms with Crippen LogP contribution in [-0.2, 0) is 33.2 Å². The van der Waals surface area contributed by atoms with Crippen molar-refractivity contribution in [3.05, 3.63) is 122 Å². The number of carbonyl (C=O) groups excluding carboxylic acids is 1. The minimum absolute atomic E-state index is 0.216. The van der Waals surface area contributed by atoms with Gasteiger partial charge >= 0.3 is 0 Å². The SMILES string of the molecule is CC/C=C\C/C=C\C/C=C\C/C=C\C/C=C\C/C=C\C/C=C\CCCCCCCCCCCC(=O)NC(COC1OC(CO)C(OC2OC(CO)C(OC3OC(CO)C(O)C(O)C3O)C(O)C2O)C(O)C1O)C(O)/C=C/CC/C=C/CC/C=C/CCCCC. The number of ether oxygens (including phenoxy) is 6. The third-order valence-corrected chi connectivity index (χ3v) is 15.7. The number of hydrogen-bond donors (Lipinski definition) is 12. The van der Waals surface area contributed by atoms with Crippen LogP contribution in [0.3, 0.4) is 0 Å². The molecule has 3 saturated heterocycles. The molecule has 0 saturated carbocycles. The summed E-state index contributed by atoms with van der Waals surface area (Å²) in [6.07, 6.45) is 41.8. The summed E-state index contributed by atoms with van der Waals surface area (Å²) in [5, 5.41) is 120. The van der Waals surface area contributed by atoms with E-state index in [1.807, 2.05) is 6.08 Å². The van der Waals surface area contributed by atoms with Gasteiger partial charge in [0.15, 0.2) is 18.9 Å². The van der Waals surface area contributed by atoms with Crippen molar-refractivity contribution in [2.24, 2.45) is 0 Å². The van der Waals surface area contributed by atoms with E-state index in [2.05, 4.69) is 129 Å². The van der Waals surface area contributed by atoms with Crippen LogP contribution in [0, 0.1) is 0 Å². The molecule has 3 aliphatic rings. The minimum atomic E-state index is -1.99. The lowest BCUT2D eigenvalue weighted by molar-refractivity contribution is -0.379. The van der Waals surface area contributed by atoms with Gasteiger partial charge in [0.1, 0.15) is 73.2 Å². The topological polar surface area (TPSA) is 307 Å². The van der Waals surface area contributed by atoms with Gasteiger partial charge in [-0.15, -0.1) is 0 Å². The molecule has 19 nitrogen and oxygen atoms in total. The van der Waals surface area contributed by atoms with Gasteiger partial charge in [0.05, 0.1) is 38.6 Å². The molecule has 89 heavy (non-hydrogen) atoms. The van der Waals surface area contributed by atoms with Crippen molar-refractivity contribution in [3.8, 4) is 0 Å². The van der Waals surface area contributed by atoms with Crippen LogP contribution < -0.4 is 5.32 Å². The highest BCUT2D eigenvalue weighted by molar-refractivity contribution is 5.76. The molecule has 0 spiro atoms. The first kappa shape index (κ1) is 79.4. The molecule has 0 aromatic heterocycles. The second kappa shape index (κ2) is 50.7. The maximum atomic E-state index is 13.4. The van der Waals surface area contributed by atoms with Gasteiger partial charge in [-0.05, 0) is 103 Å². The highest BCUT2D eigenvalue weighted by Gasteiger charge is 2.53. The molecule has 1 amide bonds. The van der Waals surface area contributed by atoms with E-state index < -0.39 is 124 Å². The summed E-state index contributed by atoms with van der Waals surface area (Å²) in [6.45, 7) is 1.51. The van der Waals surface area contributed by atoms with Crippen LogP contribution in [0.15, 0.2) is 122 Å². The quantitative estimate of drug-likeness (QED) is 0.0203. The summed E-state index contributed by atoms with van der Waals surface area (Å²) in [5.74, 6) is -0.304. The standard InChI is InChI=1S/C70H115NO18/c1-3-5-7-9-11-13-15-17-18-19-20-21-22-23-24-25-26-27-28-29-30-31-32-33-34-36-38-40-42-44-46-48-58(76)71-53(54(75)47-45-43-41-39-37-35-16-14-12-10-8-6-4-2)52-84-68-64(82)61(79)66(56(50-73)86-68)89-70-65(83)62(80)67(57(51-74)87-70)88-69-63(81)60(78)59(77)55(49-72)85-69/h5,7,11-14,17-18,20-21,23-24,26-27,29-30,37,39,45,47,53-57,59-70,72-75,77-83H,3-4,6,8-10,15-16,19,22,25,28,31-36,38,40-44,46,48-52H2,1-2H3,(H,71,76)/b7-5-,13-11-,14-12+,18-17-,21-20-,24-23-,27-26-,30-29-,39-37+,47-45+. The van der Waals surface area contributed by atoms with Gasteiger partial charge in [0.2, 0.25) is 5.91 Å². The van der Waals surface area contributed by atoms with Gasteiger partial charge in [-0.25, -0.2) is 0 Å². The molecule has 0 radical (unpaired) electrons. The number of unbranched alkanes of at least 4 members (excludes halogenated alkanes) is 14. The van der Waals surface area contributed by atoms with E-state index >= 15 is 0 Å². The van der Waals surface area contributed by atoms with Gasteiger partial charge < -0.3 is 89.9 Å². The molecule has 12 N–H and O–H groups in total. The Kier molecular flexibility index (Phi) is 45.3. The summed E-state index contributed by atoms with van der Waals surface area (Å²) in [4.78, 5) is 13.4. The lowest BCUT2D eigenvalue weighted by atomic mass is 9.96. The number of amides is 1. The average Bonchev–Trinajstić information content (AvgIpc) is 1.92. The zero-order chi connectivity index (χ0) is 64.7. The maximum Gasteiger partial charge on any atom is 0.220 e. The molecular formula is C70H115NO18. The van der Waals surface area contributed by atoms with Gasteiger partial charge in [-0.2, -0.15) is 0 Å². The molecule has 19 heteroatoms. The molecule has 17 unspecified atom stereocenters. The normalized spacial score (nSPS) is 29.0. The van der Waals surface area contributed by atoms with Crippen LogP contribution in [0.2, 0.25) is 0 Å². The number of nitrogens with one attached hydrogen (secondary N) is 1. The average molecular weight is 1260 g/mol. The van der Waals surface area contributed by atoms with E-state index in [1.54, 1.807) is 6.08 Å². The van der Waals surface area contributed by atoms with E-state index in [1.165, 1.54) is 44.9 Å². The minimum Gasteiger partial charge on any atom is -0.394 e. The summed E-state index contributed by atoms with van der Waals surface area (Å²) >= 11 is 0. The van der Waals surface area contributed by atoms with Crippen LogP contribution in [0.4, 0.5) is 0 Å². The Morgan fingerprint density at radius 1 is 0.416 bits per heavy atom. The van der Waals surface area contributed by atoms with Crippen molar-refractivity contribution in [1.29, 1.82) is 0 Å². The molecule has 0 bridgehead atoms. The van der Waals surface area contributed by atoms with Gasteiger partial charge in [0.25, 0.3) is 0 Å². The largest absolute Gasteiger partial charge is 0.394 e. The number of aliphatic hydroxyl groups excluding tert-OH is 11. The second-order valence-corrected chi connectivity index (χ2v) is 23.2. The molecule has 17 atom stereocenters. The summed E-state index contributed by atoms with van der Waals surface area (Å²) in [7, 11) is 0. The zero-order valence-electron chi connectivity index (χ0n) is 53.4. The Morgan fingerprint density at radius 2 is 0.787 bits per heavy atom. The van der Waals surface area contributed by atoms with Crippen molar-refractivity contribution in [1.82, 2.24) is 5.32 Å². The first-order valence-corrected chi connectivity index (χ1v) is 33.3. The summed E-state index contributed by atoms with van der Waals surface area (Å²) < 4.78 is 34.2. The van der Waals surface area contributed by atoms with Crippen molar-refractivity contribution in [3.63, 3.8) is 0 Å². The van der Waals surface area contributed by atoms with E-state index in [0.717, 1.165) is 103 Å². The zero-order valence-corrected chi connectivity index (χ0v) is 53.4. The molecule has 3 aliphatic heterocycles. The van der Waals surface area contributed by atoms with Gasteiger partial charge in [-0.3, -0.25) is 4.79 Å². The van der Waals surface area contributed by atoms with Gasteiger partial charge in [0, 0.05) is 6.42 Å². The molecule has 3 heterocycles. The first-order valence-electron chi connectivity index (χ1n) is 33.3. The van der Waals surface area contributed by atoms with Crippen molar-refractivity contribution in [2.75, 3.05) is 26.4 Å². The Balaban J connectivity index is 1.41. The number of hydrogen-bond acceptors (Lipinski definition) is 18. The van der Waals surface area contributed by atoms with Crippen LogP contribution in [0.25, 0.3) is 0 Å². The predicted molar refractivity (Wildman–Crippen MR) is 346 cm³/mol. The smallest absolute Gasteiger partial charge is 0.220 e. The first-order chi connectivity index (χ1) is 43.3. The molecule has 3 rings (SSSR count). The molecule has 3 fully saturated rings. The second-order valence-electron chi connectivity index (χ2n) is 23.2. The molecular weight excluding hydrogens is 1140 g/mol. The molecule has 0 aliphatic carbocycles. The Labute approximate surface area is 531 Å². The van der Waals surface area contributed by atoms with Crippen molar-refractivity contribution < 1.29 is 89.4 Å². The lowest BCUT2D eigenvalue weighted by Crippen LogP contribution is -2.66. The fourth-order valence-corrected chi connectivity index (χ4v) is 10.3. The Bertz CT molecular complexity index is 2090. The summed E-state index contributed by atoms with van der Waals surface area (Å²) in [5.41, 5.74) is 0. The molecule has 0 aromatic carbocycles. The lowest BCUT2D eigenvalue weighted by Gasteiger charge is -2.48. The third-order valence-electron chi connectivity index (χ3n) is 15.7. The fourth-order valence-electron chi connectivity index (χ4n) is 10.3. The monoisotopic (exact) mass is 1260 g/mol. The van der Waals surface area contributed by atoms with Crippen molar-refractivity contribution >= 4 is 5.91 Å². The highest BCUT2D eigenvalue weighted by atomic mass is 16.8. The molecule has 0 aromatic rings. The maximum absolute atomic E-state index is 13.4. The van der Waals surface area contributed by atoms with Crippen LogP contribution in [-0.4, -0.2) is 193 Å². The fraction of sp³-hybridized carbons (Fsp3) is 0.700. The van der Waals surface area contributed by atoms with Crippen LogP contribution >= 0.6 is 0 Å². The summed E-state index contributed by atoms with van der Waals surface area (Å²) in [6, 6.07) is -1.01. The van der Waals surface area contributed by atoms with Crippen LogP contribution in [0.5, 0.6) is 0 Å². The molecule has 508 valence electrons. The van der Waals surface area contributed by atoms with Crippen molar-refractivity contribution in [2.45, 2.75) is 285 Å². The van der Waals surface area contributed by atoms with E-state index in [4.69, 9.17) is 28.4 Å².